The number of Topliss-reactive ketones (excluding diaryl/α,β-unsaturated/α-hetero) is 2. The van der Waals surface area contributed by atoms with Gasteiger partial charge in [-0.05, 0) is 82.0 Å². The van der Waals surface area contributed by atoms with E-state index in [1.54, 1.807) is 55.1 Å². The minimum atomic E-state index is -1.05. The van der Waals surface area contributed by atoms with Crippen LogP contribution in [0.1, 0.15) is 123 Å². The van der Waals surface area contributed by atoms with Crippen LogP contribution in [0.15, 0.2) is 36.4 Å². The molecule has 0 unspecified atom stereocenters. The van der Waals surface area contributed by atoms with Gasteiger partial charge >= 0.3 is 5.97 Å². The van der Waals surface area contributed by atoms with Crippen molar-refractivity contribution in [3.63, 3.8) is 0 Å². The fraction of sp³-hybridized carbons (Fsp3) is 0.691. The van der Waals surface area contributed by atoms with E-state index in [9.17, 15) is 43.2 Å². The Balaban J connectivity index is 1.33. The third-order valence-electron chi connectivity index (χ3n) is 15.7. The van der Waals surface area contributed by atoms with Crippen molar-refractivity contribution in [2.75, 3.05) is 61.6 Å². The molecule has 9 atom stereocenters. The number of likely N-dealkylation sites (tertiary alicyclic amines) is 2. The standard InChI is InChI=1S/C55H84N6O12/c1-12-36(4)50(59(8)53(69)41(35(2)3)32-45(63)55(6)26-17-27-58(55)7)44(71-9)33-49(67)60-29-16-18-43(60)51(72-10)37(5)52(68)57-42(54(70)73-11)31-39-22-20-38(21-23-39)30-40(62)34-56-46(64)19-14-13-15-28-61-47(65)24-25-48(61)66/h20-25,35-37,41-44,50-51H,12-19,26-34H2,1-11H3,(H,56,64)(H,57,68)/t36-,37+,41-,42-,43-,44+,50-,51+,55+/m0/s1. The van der Waals surface area contributed by atoms with E-state index in [2.05, 4.69) is 15.5 Å². The van der Waals surface area contributed by atoms with E-state index in [-0.39, 0.29) is 91.6 Å². The number of ketones is 2. The van der Waals surface area contributed by atoms with Gasteiger partial charge in [0, 0.05) is 78.1 Å². The molecule has 0 radical (unpaired) electrons. The maximum Gasteiger partial charge on any atom is 0.328 e. The molecule has 3 aliphatic rings. The van der Waals surface area contributed by atoms with E-state index in [1.165, 1.54) is 31.3 Å². The van der Waals surface area contributed by atoms with E-state index in [0.717, 1.165) is 25.8 Å². The Morgan fingerprint density at radius 1 is 0.863 bits per heavy atom. The lowest BCUT2D eigenvalue weighted by Gasteiger charge is -2.41. The highest BCUT2D eigenvalue weighted by Crippen LogP contribution is 2.34. The van der Waals surface area contributed by atoms with Crippen LogP contribution in [-0.4, -0.2) is 170 Å². The van der Waals surface area contributed by atoms with Crippen LogP contribution >= 0.6 is 0 Å². The van der Waals surface area contributed by atoms with Crippen LogP contribution in [0.5, 0.6) is 0 Å². The highest BCUT2D eigenvalue weighted by Gasteiger charge is 2.46. The molecule has 0 aromatic heterocycles. The van der Waals surface area contributed by atoms with Gasteiger partial charge in [-0.1, -0.05) is 71.7 Å². The number of carbonyl (C=O) groups excluding carboxylic acids is 9. The molecule has 18 nitrogen and oxygen atoms in total. The van der Waals surface area contributed by atoms with Gasteiger partial charge in [0.15, 0.2) is 11.6 Å². The number of hydrogen-bond acceptors (Lipinski definition) is 13. The van der Waals surface area contributed by atoms with Crippen LogP contribution in [-0.2, 0) is 70.2 Å². The Kier molecular flexibility index (Phi) is 23.4. The van der Waals surface area contributed by atoms with Crippen LogP contribution in [0.3, 0.4) is 0 Å². The van der Waals surface area contributed by atoms with Crippen molar-refractivity contribution in [1.82, 2.24) is 30.2 Å². The van der Waals surface area contributed by atoms with Crippen molar-refractivity contribution >= 4 is 53.0 Å². The summed E-state index contributed by atoms with van der Waals surface area (Å²) in [5.41, 5.74) is 0.800. The molecule has 0 aliphatic carbocycles. The van der Waals surface area contributed by atoms with E-state index in [4.69, 9.17) is 14.2 Å². The zero-order valence-corrected chi connectivity index (χ0v) is 45.4. The third kappa shape index (κ3) is 16.1. The topological polar surface area (TPSA) is 218 Å². The minimum Gasteiger partial charge on any atom is -0.467 e. The molecule has 18 heteroatoms. The van der Waals surface area contributed by atoms with E-state index < -0.39 is 59.6 Å². The molecule has 2 N–H and O–H groups in total. The molecular weight excluding hydrogens is 937 g/mol. The number of nitrogens with zero attached hydrogens (tertiary/aromatic N) is 4. The summed E-state index contributed by atoms with van der Waals surface area (Å²) in [5.74, 6) is -3.98. The molecule has 406 valence electrons. The number of imide groups is 1. The first kappa shape index (κ1) is 60.2. The zero-order chi connectivity index (χ0) is 54.2. The Bertz CT molecular complexity index is 2110. The van der Waals surface area contributed by atoms with Crippen LogP contribution in [0.25, 0.3) is 0 Å². The maximum atomic E-state index is 14.5. The number of amides is 6. The smallest absolute Gasteiger partial charge is 0.328 e. The predicted octanol–water partition coefficient (Wildman–Crippen LogP) is 4.24. The summed E-state index contributed by atoms with van der Waals surface area (Å²) in [6.07, 6.45) is 7.04. The van der Waals surface area contributed by atoms with E-state index in [1.807, 2.05) is 41.7 Å². The van der Waals surface area contributed by atoms with Gasteiger partial charge in [0.2, 0.25) is 23.6 Å². The third-order valence-corrected chi connectivity index (χ3v) is 15.7. The van der Waals surface area contributed by atoms with Gasteiger partial charge in [-0.15, -0.1) is 0 Å². The summed E-state index contributed by atoms with van der Waals surface area (Å²) in [5, 5.41) is 5.50. The number of nitrogens with one attached hydrogen (secondary N) is 2. The summed E-state index contributed by atoms with van der Waals surface area (Å²) >= 11 is 0. The lowest BCUT2D eigenvalue weighted by atomic mass is 9.81. The number of methoxy groups -OCH3 is 3. The molecule has 1 aromatic rings. The Hall–Kier alpha value is -5.33. The molecule has 73 heavy (non-hydrogen) atoms. The first-order chi connectivity index (χ1) is 34.6. The minimum absolute atomic E-state index is 0.0190. The molecular formula is C55H84N6O12. The maximum absolute atomic E-state index is 14.5. The summed E-state index contributed by atoms with van der Waals surface area (Å²) < 4.78 is 17.1. The summed E-state index contributed by atoms with van der Waals surface area (Å²) in [6, 6.07) is 5.05. The monoisotopic (exact) mass is 1020 g/mol. The molecule has 6 amide bonds. The van der Waals surface area contributed by atoms with Crippen LogP contribution in [0, 0.1) is 23.7 Å². The average molecular weight is 1020 g/mol. The number of ether oxygens (including phenoxy) is 3. The number of rotatable bonds is 30. The van der Waals surface area contributed by atoms with Gasteiger partial charge in [0.05, 0.1) is 55.8 Å². The number of likely N-dealkylation sites (N-methyl/N-ethyl adjacent to an activating group) is 2. The second kappa shape index (κ2) is 28.4. The van der Waals surface area contributed by atoms with E-state index >= 15 is 0 Å². The fourth-order valence-electron chi connectivity index (χ4n) is 10.7. The van der Waals surface area contributed by atoms with Crippen molar-refractivity contribution in [3.05, 3.63) is 47.5 Å². The Morgan fingerprint density at radius 2 is 1.52 bits per heavy atom. The predicted molar refractivity (Wildman–Crippen MR) is 274 cm³/mol. The van der Waals surface area contributed by atoms with Gasteiger partial charge in [-0.25, -0.2) is 4.79 Å². The highest BCUT2D eigenvalue weighted by atomic mass is 16.5. The molecule has 1 aromatic carbocycles. The number of carbonyl (C=O) groups is 9. The SMILES string of the molecule is CC[C@H](C)[C@@H]([C@@H](CC(=O)N1CCC[C@H]1[C@H](OC)[C@@H](C)C(=O)N[C@@H](Cc1ccc(CC(=O)CNC(=O)CCCCCN2C(=O)C=CC2=O)cc1)C(=O)OC)OC)N(C)C(=O)[C@@H](CC(=O)[C@@]1(C)CCCN1C)C(C)C. The lowest BCUT2D eigenvalue weighted by Crippen LogP contribution is -2.55. The largest absolute Gasteiger partial charge is 0.467 e. The lowest BCUT2D eigenvalue weighted by molar-refractivity contribution is -0.150. The van der Waals surface area contributed by atoms with Gasteiger partial charge in [0.1, 0.15) is 6.04 Å². The van der Waals surface area contributed by atoms with Gasteiger partial charge in [-0.3, -0.25) is 48.2 Å². The highest BCUT2D eigenvalue weighted by molar-refractivity contribution is 6.12. The fourth-order valence-corrected chi connectivity index (χ4v) is 10.7. The van der Waals surface area contributed by atoms with Crippen molar-refractivity contribution in [2.45, 2.75) is 161 Å². The average Bonchev–Trinajstić information content (AvgIpc) is 4.09. The van der Waals surface area contributed by atoms with Crippen molar-refractivity contribution in [3.8, 4) is 0 Å². The number of benzene rings is 1. The molecule has 2 saturated heterocycles. The van der Waals surface area contributed by atoms with Crippen molar-refractivity contribution < 1.29 is 57.4 Å². The molecule has 4 rings (SSSR count). The van der Waals surface area contributed by atoms with Crippen LogP contribution < -0.4 is 10.6 Å². The number of hydrogen-bond donors (Lipinski definition) is 2. The first-order valence-electron chi connectivity index (χ1n) is 26.3. The molecule has 2 fully saturated rings. The molecule has 3 aliphatic heterocycles. The first-order valence-corrected chi connectivity index (χ1v) is 26.3. The number of esters is 1. The second-order valence-electron chi connectivity index (χ2n) is 20.9. The normalized spacial score (nSPS) is 20.8. The second-order valence-corrected chi connectivity index (χ2v) is 20.9. The zero-order valence-electron chi connectivity index (χ0n) is 45.4. The molecule has 0 bridgehead atoms. The van der Waals surface area contributed by atoms with Crippen LogP contribution in [0.4, 0.5) is 0 Å². The summed E-state index contributed by atoms with van der Waals surface area (Å²) in [4.78, 5) is 125. The van der Waals surface area contributed by atoms with Crippen molar-refractivity contribution in [2.24, 2.45) is 23.7 Å². The molecule has 0 spiro atoms. The summed E-state index contributed by atoms with van der Waals surface area (Å²) in [6.45, 7) is 13.1. The van der Waals surface area contributed by atoms with Crippen LogP contribution in [0.2, 0.25) is 0 Å². The summed E-state index contributed by atoms with van der Waals surface area (Å²) in [7, 11) is 8.01. The Morgan fingerprint density at radius 3 is 2.10 bits per heavy atom. The Labute approximate surface area is 433 Å². The van der Waals surface area contributed by atoms with Crippen molar-refractivity contribution in [1.29, 1.82) is 0 Å². The molecule has 3 heterocycles. The van der Waals surface area contributed by atoms with Gasteiger partial charge in [-0.2, -0.15) is 0 Å². The number of unbranched alkanes of at least 4 members (excludes halogenated alkanes) is 2. The van der Waals surface area contributed by atoms with Gasteiger partial charge in [0.25, 0.3) is 11.8 Å². The van der Waals surface area contributed by atoms with E-state index in [0.29, 0.717) is 56.3 Å². The quantitative estimate of drug-likeness (QED) is 0.0627. The molecule has 0 saturated carbocycles. The van der Waals surface area contributed by atoms with Gasteiger partial charge < -0.3 is 34.6 Å².